The van der Waals surface area contributed by atoms with Crippen LogP contribution in [-0.4, -0.2) is 72.2 Å². The van der Waals surface area contributed by atoms with E-state index in [0.717, 1.165) is 51.1 Å². The van der Waals surface area contributed by atoms with Gasteiger partial charge in [-0.3, -0.25) is 0 Å². The average molecular weight is 649 g/mol. The van der Waals surface area contributed by atoms with Crippen molar-refractivity contribution >= 4 is 17.6 Å². The van der Waals surface area contributed by atoms with Gasteiger partial charge in [0.2, 0.25) is 0 Å². The molecule has 0 aliphatic rings. The van der Waals surface area contributed by atoms with Gasteiger partial charge in [0.05, 0.1) is 0 Å². The van der Waals surface area contributed by atoms with Crippen LogP contribution in [0.3, 0.4) is 0 Å². The molecule has 0 unspecified atom stereocenters. The number of nitrogens with one attached hydrogen (secondary N) is 2. The quantitative estimate of drug-likeness (QED) is 0.0518. The molecule has 0 radical (unpaired) electrons. The largest absolute Gasteiger partial charge is 0.493 e. The van der Waals surface area contributed by atoms with Crippen molar-refractivity contribution in [2.24, 2.45) is 0 Å². The Kier molecular flexibility index (Phi) is 32.2. The third kappa shape index (κ3) is 25.0. The standard InChI is InChI=1S/C34H76N2O5Si2/c1-7-9-11-13-15-17-19-21-23-25-29-35-31-27-33-42(37-3,38-4)41-43(39-5,40-6)34-28-32-36-30-26-24-22-20-18-16-14-12-10-8-2/h35-36H,7-34H2,1-6H3. The summed E-state index contributed by atoms with van der Waals surface area (Å²) in [4.78, 5) is 0. The van der Waals surface area contributed by atoms with Crippen LogP contribution in [0.15, 0.2) is 0 Å². The molecule has 0 fully saturated rings. The molecule has 0 atom stereocenters. The second-order valence-corrected chi connectivity index (χ2v) is 18.5. The highest BCUT2D eigenvalue weighted by atomic mass is 28.5. The average Bonchev–Trinajstić information content (AvgIpc) is 3.03. The Balaban J connectivity index is 4.07. The summed E-state index contributed by atoms with van der Waals surface area (Å²) in [6.07, 6.45) is 29.3. The molecule has 7 nitrogen and oxygen atoms in total. The maximum atomic E-state index is 6.58. The lowest BCUT2D eigenvalue weighted by Crippen LogP contribution is -2.57. The number of unbranched alkanes of at least 4 members (excludes halogenated alkanes) is 18. The molecule has 0 saturated carbocycles. The summed E-state index contributed by atoms with van der Waals surface area (Å²) in [6, 6.07) is 1.51. The Morgan fingerprint density at radius 1 is 0.349 bits per heavy atom. The van der Waals surface area contributed by atoms with Crippen LogP contribution >= 0.6 is 0 Å². The van der Waals surface area contributed by atoms with Crippen LogP contribution in [0.2, 0.25) is 12.1 Å². The fourth-order valence-electron chi connectivity index (χ4n) is 5.67. The molecular formula is C34H76N2O5Si2. The third-order valence-corrected chi connectivity index (χ3v) is 15.6. The Morgan fingerprint density at radius 3 is 0.884 bits per heavy atom. The Hall–Kier alpha value is 0.154. The van der Waals surface area contributed by atoms with Crippen molar-refractivity contribution in [3.63, 3.8) is 0 Å². The molecule has 0 aromatic carbocycles. The van der Waals surface area contributed by atoms with Gasteiger partial charge >= 0.3 is 17.6 Å². The van der Waals surface area contributed by atoms with Gasteiger partial charge in [-0.2, -0.15) is 0 Å². The van der Waals surface area contributed by atoms with Gasteiger partial charge in [-0.25, -0.2) is 0 Å². The number of hydrogen-bond acceptors (Lipinski definition) is 7. The smallest absolute Gasteiger partial charge is 0.377 e. The zero-order valence-electron chi connectivity index (χ0n) is 29.8. The van der Waals surface area contributed by atoms with Crippen LogP contribution in [0, 0.1) is 0 Å². The molecule has 0 aliphatic heterocycles. The van der Waals surface area contributed by atoms with E-state index in [1.165, 1.54) is 128 Å². The van der Waals surface area contributed by atoms with Crippen LogP contribution in [0.5, 0.6) is 0 Å². The lowest BCUT2D eigenvalue weighted by Gasteiger charge is -2.35. The van der Waals surface area contributed by atoms with Crippen molar-refractivity contribution < 1.29 is 21.8 Å². The van der Waals surface area contributed by atoms with E-state index in [2.05, 4.69) is 24.5 Å². The SMILES string of the molecule is CCCCCCCCCCCCNCCC[Si](OC)(OC)O[Si](CCCNCCCCCCCCCCCC)(OC)OC. The van der Waals surface area contributed by atoms with Crippen LogP contribution < -0.4 is 10.6 Å². The number of rotatable bonds is 36. The second kappa shape index (κ2) is 32.1. The van der Waals surface area contributed by atoms with Crippen molar-refractivity contribution in [2.75, 3.05) is 54.6 Å². The zero-order valence-corrected chi connectivity index (χ0v) is 31.8. The summed E-state index contributed by atoms with van der Waals surface area (Å²) in [5, 5.41) is 7.20. The summed E-state index contributed by atoms with van der Waals surface area (Å²) >= 11 is 0. The van der Waals surface area contributed by atoms with Crippen LogP contribution in [0.25, 0.3) is 0 Å². The molecule has 0 heterocycles. The lowest BCUT2D eigenvalue weighted by atomic mass is 10.1. The molecule has 0 aliphatic carbocycles. The predicted molar refractivity (Wildman–Crippen MR) is 189 cm³/mol. The first-order valence-corrected chi connectivity index (χ1v) is 22.3. The van der Waals surface area contributed by atoms with Crippen molar-refractivity contribution in [1.29, 1.82) is 0 Å². The molecule has 43 heavy (non-hydrogen) atoms. The van der Waals surface area contributed by atoms with Gasteiger partial charge in [0.15, 0.2) is 0 Å². The summed E-state index contributed by atoms with van der Waals surface area (Å²) in [5.74, 6) is 0. The molecular weight excluding hydrogens is 573 g/mol. The van der Waals surface area contributed by atoms with Crippen molar-refractivity contribution in [3.05, 3.63) is 0 Å². The van der Waals surface area contributed by atoms with Crippen molar-refractivity contribution in [1.82, 2.24) is 10.6 Å². The Bertz CT molecular complexity index is 509. The van der Waals surface area contributed by atoms with E-state index in [-0.39, 0.29) is 0 Å². The lowest BCUT2D eigenvalue weighted by molar-refractivity contribution is 0.0859. The molecule has 2 N–H and O–H groups in total. The fraction of sp³-hybridized carbons (Fsp3) is 1.00. The molecule has 0 bridgehead atoms. The third-order valence-electron chi connectivity index (χ3n) is 8.64. The first-order valence-electron chi connectivity index (χ1n) is 18.4. The molecule has 0 spiro atoms. The van der Waals surface area contributed by atoms with Crippen molar-refractivity contribution in [2.45, 2.75) is 167 Å². The topological polar surface area (TPSA) is 70.2 Å². The van der Waals surface area contributed by atoms with E-state index in [1.54, 1.807) is 28.4 Å². The van der Waals surface area contributed by atoms with Gasteiger partial charge in [0.1, 0.15) is 0 Å². The summed E-state index contributed by atoms with van der Waals surface area (Å²) in [6.45, 7) is 8.61. The molecule has 0 amide bonds. The summed E-state index contributed by atoms with van der Waals surface area (Å²) in [5.41, 5.74) is 0. The second-order valence-electron chi connectivity index (χ2n) is 12.4. The minimum absolute atomic E-state index is 0.753. The van der Waals surface area contributed by atoms with E-state index < -0.39 is 17.6 Å². The zero-order chi connectivity index (χ0) is 31.7. The minimum atomic E-state index is -2.88. The maximum absolute atomic E-state index is 6.58. The number of hydrogen-bond donors (Lipinski definition) is 2. The van der Waals surface area contributed by atoms with E-state index in [9.17, 15) is 0 Å². The summed E-state index contributed by atoms with van der Waals surface area (Å²) < 4.78 is 30.2. The maximum Gasteiger partial charge on any atom is 0.493 e. The fourth-order valence-corrected chi connectivity index (χ4v) is 12.1. The normalized spacial score (nSPS) is 12.4. The van der Waals surface area contributed by atoms with Gasteiger partial charge in [0.25, 0.3) is 0 Å². The molecule has 260 valence electrons. The highest BCUT2D eigenvalue weighted by molar-refractivity contribution is 6.74. The van der Waals surface area contributed by atoms with Crippen LogP contribution in [0.4, 0.5) is 0 Å². The highest BCUT2D eigenvalue weighted by Crippen LogP contribution is 2.26. The van der Waals surface area contributed by atoms with Crippen LogP contribution in [-0.2, 0) is 21.8 Å². The summed E-state index contributed by atoms with van der Waals surface area (Å²) in [7, 11) is 1.04. The first kappa shape index (κ1) is 43.2. The van der Waals surface area contributed by atoms with Gasteiger partial charge < -0.3 is 32.5 Å². The Labute approximate surface area is 271 Å². The molecule has 0 aromatic heterocycles. The minimum Gasteiger partial charge on any atom is -0.377 e. The van der Waals surface area contributed by atoms with E-state index >= 15 is 0 Å². The molecule has 0 saturated heterocycles. The predicted octanol–water partition coefficient (Wildman–Crippen LogP) is 9.27. The van der Waals surface area contributed by atoms with E-state index in [0.29, 0.717) is 0 Å². The Morgan fingerprint density at radius 2 is 0.605 bits per heavy atom. The van der Waals surface area contributed by atoms with Crippen LogP contribution in [0.1, 0.15) is 155 Å². The van der Waals surface area contributed by atoms with Gasteiger partial charge in [-0.1, -0.05) is 129 Å². The van der Waals surface area contributed by atoms with Gasteiger partial charge in [-0.05, 0) is 51.9 Å². The van der Waals surface area contributed by atoms with E-state index in [1.807, 2.05) is 0 Å². The van der Waals surface area contributed by atoms with Crippen molar-refractivity contribution in [3.8, 4) is 0 Å². The molecule has 0 rings (SSSR count). The van der Waals surface area contributed by atoms with Gasteiger partial charge in [-0.15, -0.1) is 0 Å². The highest BCUT2D eigenvalue weighted by Gasteiger charge is 2.51. The first-order chi connectivity index (χ1) is 21.1. The monoisotopic (exact) mass is 649 g/mol. The van der Waals surface area contributed by atoms with Gasteiger partial charge in [0, 0.05) is 40.5 Å². The molecule has 0 aromatic rings. The molecule has 9 heteroatoms. The van der Waals surface area contributed by atoms with E-state index in [4.69, 9.17) is 21.8 Å².